The Bertz CT molecular complexity index is 1280. The molecule has 1 aromatic heterocycles. The highest BCUT2D eigenvalue weighted by Gasteiger charge is 2.46. The minimum Gasteiger partial charge on any atom is -0.497 e. The van der Waals surface area contributed by atoms with Crippen molar-refractivity contribution < 1.29 is 24.1 Å². The first kappa shape index (κ1) is 25.0. The van der Waals surface area contributed by atoms with Gasteiger partial charge in [-0.1, -0.05) is 18.2 Å². The van der Waals surface area contributed by atoms with Crippen LogP contribution in [0.15, 0.2) is 48.5 Å². The van der Waals surface area contributed by atoms with Gasteiger partial charge in [0.15, 0.2) is 0 Å². The maximum Gasteiger partial charge on any atom is 0.311 e. The van der Waals surface area contributed by atoms with Crippen molar-refractivity contribution in [2.75, 3.05) is 27.3 Å². The molecule has 3 aromatic rings. The van der Waals surface area contributed by atoms with Crippen LogP contribution in [0.4, 0.5) is 0 Å². The highest BCUT2D eigenvalue weighted by atomic mass is 16.5. The molecule has 1 saturated carbocycles. The molecule has 0 spiro atoms. The van der Waals surface area contributed by atoms with Crippen molar-refractivity contribution >= 4 is 16.9 Å². The van der Waals surface area contributed by atoms with Crippen molar-refractivity contribution in [1.29, 1.82) is 0 Å². The van der Waals surface area contributed by atoms with E-state index in [0.717, 1.165) is 34.3 Å². The second-order valence-electron chi connectivity index (χ2n) is 9.96. The van der Waals surface area contributed by atoms with Crippen LogP contribution in [0, 0.1) is 24.3 Å². The number of aliphatic hydroxyl groups is 1. The van der Waals surface area contributed by atoms with Gasteiger partial charge in [0.2, 0.25) is 0 Å². The molecule has 0 radical (unpaired) electrons. The number of hydrogen-bond acceptors (Lipinski definition) is 6. The van der Waals surface area contributed by atoms with Gasteiger partial charge in [0.05, 0.1) is 45.0 Å². The van der Waals surface area contributed by atoms with Crippen molar-refractivity contribution in [1.82, 2.24) is 9.99 Å². The molecule has 194 valence electrons. The van der Waals surface area contributed by atoms with Crippen molar-refractivity contribution in [2.24, 2.45) is 17.8 Å². The van der Waals surface area contributed by atoms with Crippen LogP contribution in [0.25, 0.3) is 15.9 Å². The standard InChI is InChI=1S/C29H33N3O5/c1-30-32-15-14-22-21-6-4-5-7-24(21)31-28(22)26(37-20-11-9-19(35-2)10-12-20)16-23-18(17-32)8-13-25(33)27(23)29(34)36-3/h4-7,9-12,18,23,25-27,31,33H,8,13-17H2,2-3H3/t18-,23-,25-,26-,27+/m0/s1. The predicted octanol–water partition coefficient (Wildman–Crippen LogP) is 4.56. The first-order valence-corrected chi connectivity index (χ1v) is 12.8. The van der Waals surface area contributed by atoms with E-state index in [0.29, 0.717) is 38.1 Å². The number of nitrogens with zero attached hydrogens (tertiary/aromatic N) is 2. The quantitative estimate of drug-likeness (QED) is 0.401. The largest absolute Gasteiger partial charge is 0.497 e. The minimum atomic E-state index is -0.790. The van der Waals surface area contributed by atoms with Crippen molar-refractivity contribution in [3.05, 3.63) is 71.3 Å². The molecular formula is C29H33N3O5. The molecule has 0 bridgehead atoms. The predicted molar refractivity (Wildman–Crippen MR) is 139 cm³/mol. The van der Waals surface area contributed by atoms with E-state index in [1.807, 2.05) is 42.5 Å². The van der Waals surface area contributed by atoms with E-state index in [1.165, 1.54) is 7.11 Å². The van der Waals surface area contributed by atoms with Gasteiger partial charge in [0.1, 0.15) is 17.6 Å². The Kier molecular flexibility index (Phi) is 7.24. The average Bonchev–Trinajstić information content (AvgIpc) is 3.30. The molecular weight excluding hydrogens is 470 g/mol. The molecule has 8 heteroatoms. The van der Waals surface area contributed by atoms with Gasteiger partial charge in [0.25, 0.3) is 0 Å². The van der Waals surface area contributed by atoms with Crippen molar-refractivity contribution in [3.63, 3.8) is 0 Å². The summed E-state index contributed by atoms with van der Waals surface area (Å²) in [7, 11) is 2.99. The van der Waals surface area contributed by atoms with E-state index < -0.39 is 18.0 Å². The molecule has 5 rings (SSSR count). The van der Waals surface area contributed by atoms with Gasteiger partial charge < -0.3 is 24.3 Å². The van der Waals surface area contributed by atoms with Crippen LogP contribution in [0.1, 0.15) is 36.6 Å². The summed E-state index contributed by atoms with van der Waals surface area (Å²) in [4.78, 5) is 20.3. The smallest absolute Gasteiger partial charge is 0.311 e. The van der Waals surface area contributed by atoms with E-state index in [4.69, 9.17) is 20.8 Å². The van der Waals surface area contributed by atoms with E-state index in [9.17, 15) is 9.90 Å². The van der Waals surface area contributed by atoms with Crippen LogP contribution in [0.5, 0.6) is 11.5 Å². The lowest BCUT2D eigenvalue weighted by molar-refractivity contribution is -0.157. The monoisotopic (exact) mass is 503 g/mol. The Hall–Kier alpha value is -3.70. The number of rotatable bonds is 4. The number of benzene rings is 2. The Morgan fingerprint density at radius 2 is 1.86 bits per heavy atom. The summed E-state index contributed by atoms with van der Waals surface area (Å²) < 4.78 is 17.1. The SMILES string of the molecule is [C-]#[N+]N1CCc2c([nH]c3ccccc23)[C@@H](Oc2ccc(OC)cc2)C[C@H]2[C@@H](CC[C@H](O)[C@@H]2C(=O)OC)C1. The lowest BCUT2D eigenvalue weighted by Gasteiger charge is -2.41. The highest BCUT2D eigenvalue weighted by molar-refractivity contribution is 5.85. The number of para-hydroxylation sites is 1. The zero-order valence-electron chi connectivity index (χ0n) is 21.2. The van der Waals surface area contributed by atoms with E-state index in [-0.39, 0.29) is 17.9 Å². The van der Waals surface area contributed by atoms with Crippen LogP contribution < -0.4 is 9.47 Å². The average molecular weight is 504 g/mol. The summed E-state index contributed by atoms with van der Waals surface area (Å²) >= 11 is 0. The number of carbonyl (C=O) groups is 1. The van der Waals surface area contributed by atoms with Gasteiger partial charge >= 0.3 is 5.97 Å². The fraction of sp³-hybridized carbons (Fsp3) is 0.448. The Balaban J connectivity index is 1.62. The highest BCUT2D eigenvalue weighted by Crippen LogP contribution is 2.44. The molecule has 8 nitrogen and oxygen atoms in total. The van der Waals surface area contributed by atoms with Gasteiger partial charge in [-0.15, -0.1) is 5.01 Å². The third-order valence-corrected chi connectivity index (χ3v) is 7.99. The summed E-state index contributed by atoms with van der Waals surface area (Å²) in [5.74, 6) is 0.178. The van der Waals surface area contributed by atoms with Gasteiger partial charge in [-0.05, 0) is 73.4 Å². The number of hydrogen-bond donors (Lipinski definition) is 2. The molecule has 2 N–H and O–H groups in total. The topological polar surface area (TPSA) is 88.4 Å². The zero-order valence-corrected chi connectivity index (χ0v) is 21.2. The fourth-order valence-electron chi connectivity index (χ4n) is 6.14. The molecule has 2 aromatic carbocycles. The number of carbonyl (C=O) groups excluding carboxylic acids is 1. The Morgan fingerprint density at radius 3 is 2.59 bits per heavy atom. The number of aliphatic hydroxyl groups excluding tert-OH is 1. The number of ether oxygens (including phenoxy) is 3. The normalized spacial score (nSPS) is 25.9. The van der Waals surface area contributed by atoms with E-state index >= 15 is 0 Å². The Labute approximate surface area is 216 Å². The van der Waals surface area contributed by atoms with Gasteiger partial charge in [0, 0.05) is 10.9 Å². The minimum absolute atomic E-state index is 0.0505. The molecule has 0 saturated heterocycles. The first-order chi connectivity index (χ1) is 18.0. The molecule has 1 fully saturated rings. The second kappa shape index (κ2) is 10.7. The van der Waals surface area contributed by atoms with Crippen LogP contribution in [0.2, 0.25) is 0 Å². The third kappa shape index (κ3) is 4.96. The molecule has 2 aliphatic rings. The fourth-order valence-corrected chi connectivity index (χ4v) is 6.14. The van der Waals surface area contributed by atoms with Gasteiger partial charge in [-0.25, -0.2) is 0 Å². The molecule has 1 aliphatic heterocycles. The van der Waals surface area contributed by atoms with Crippen LogP contribution in [-0.4, -0.2) is 54.5 Å². The number of esters is 1. The maximum atomic E-state index is 12.9. The summed E-state index contributed by atoms with van der Waals surface area (Å²) in [5, 5.41) is 13.8. The number of aromatic nitrogens is 1. The first-order valence-electron chi connectivity index (χ1n) is 12.8. The van der Waals surface area contributed by atoms with Crippen molar-refractivity contribution in [2.45, 2.75) is 37.9 Å². The molecule has 1 aliphatic carbocycles. The second-order valence-corrected chi connectivity index (χ2v) is 9.96. The summed E-state index contributed by atoms with van der Waals surface area (Å²) in [5.41, 5.74) is 3.08. The van der Waals surface area contributed by atoms with Crippen LogP contribution in [-0.2, 0) is 16.0 Å². The number of nitrogens with one attached hydrogen (secondary N) is 1. The molecule has 2 heterocycles. The zero-order chi connectivity index (χ0) is 25.9. The summed E-state index contributed by atoms with van der Waals surface area (Å²) in [6.45, 7) is 8.92. The summed E-state index contributed by atoms with van der Waals surface area (Å²) in [6, 6.07) is 15.6. The third-order valence-electron chi connectivity index (χ3n) is 7.99. The summed E-state index contributed by atoms with van der Waals surface area (Å²) in [6.07, 6.45) is 1.26. The van der Waals surface area contributed by atoms with Crippen LogP contribution >= 0.6 is 0 Å². The maximum absolute atomic E-state index is 12.9. The lowest BCUT2D eigenvalue weighted by Crippen LogP contribution is -2.47. The van der Waals surface area contributed by atoms with Crippen molar-refractivity contribution in [3.8, 4) is 11.5 Å². The molecule has 5 atom stereocenters. The molecule has 37 heavy (non-hydrogen) atoms. The van der Waals surface area contributed by atoms with E-state index in [2.05, 4.69) is 16.0 Å². The molecule has 0 unspecified atom stereocenters. The molecule has 0 amide bonds. The van der Waals surface area contributed by atoms with E-state index in [1.54, 1.807) is 12.1 Å². The van der Waals surface area contributed by atoms with Gasteiger partial charge in [-0.2, -0.15) is 11.5 Å². The number of fused-ring (bicyclic) bond motifs is 4. The Morgan fingerprint density at radius 1 is 1.11 bits per heavy atom. The van der Waals surface area contributed by atoms with Gasteiger partial charge in [-0.3, -0.25) is 4.79 Å². The number of methoxy groups -OCH3 is 2. The number of aromatic amines is 1. The lowest BCUT2D eigenvalue weighted by atomic mass is 9.67. The van der Waals surface area contributed by atoms with Crippen LogP contribution in [0.3, 0.4) is 0 Å². The number of H-pyrrole nitrogens is 1.